The van der Waals surface area contributed by atoms with Crippen molar-refractivity contribution in [3.05, 3.63) is 89.4 Å². The summed E-state index contributed by atoms with van der Waals surface area (Å²) in [6, 6.07) is 18.1. The molecule has 178 valence electrons. The zero-order valence-corrected chi connectivity index (χ0v) is 19.8. The van der Waals surface area contributed by atoms with Gasteiger partial charge in [-0.1, -0.05) is 62.2 Å². The van der Waals surface area contributed by atoms with E-state index in [-0.39, 0.29) is 30.2 Å². The maximum Gasteiger partial charge on any atom is 0.290 e. The SMILES string of the molecule is CCc1ccc([C@H](C(=O)NC2CCCC2)N(Cc2ccccc2OC)C(=O)c2ccco2)cc1. The molecule has 1 N–H and O–H groups in total. The van der Waals surface area contributed by atoms with Crippen molar-refractivity contribution in [3.63, 3.8) is 0 Å². The number of benzene rings is 2. The second-order valence-electron chi connectivity index (χ2n) is 8.71. The predicted molar refractivity (Wildman–Crippen MR) is 131 cm³/mol. The number of hydrogen-bond donors (Lipinski definition) is 1. The summed E-state index contributed by atoms with van der Waals surface area (Å²) >= 11 is 0. The minimum absolute atomic E-state index is 0.136. The lowest BCUT2D eigenvalue weighted by molar-refractivity contribution is -0.126. The van der Waals surface area contributed by atoms with Crippen LogP contribution in [0.4, 0.5) is 0 Å². The van der Waals surface area contributed by atoms with Crippen molar-refractivity contribution in [3.8, 4) is 5.75 Å². The molecule has 1 aliphatic rings. The van der Waals surface area contributed by atoms with Crippen molar-refractivity contribution in [2.45, 2.75) is 57.7 Å². The molecular weight excluding hydrogens is 428 g/mol. The fraction of sp³-hybridized carbons (Fsp3) is 0.357. The molecule has 6 nitrogen and oxygen atoms in total. The smallest absolute Gasteiger partial charge is 0.290 e. The number of ether oxygens (including phenoxy) is 1. The molecular formula is C28H32N2O4. The van der Waals surface area contributed by atoms with E-state index >= 15 is 0 Å². The molecule has 1 heterocycles. The highest BCUT2D eigenvalue weighted by Gasteiger charge is 2.35. The van der Waals surface area contributed by atoms with E-state index in [1.54, 1.807) is 24.1 Å². The molecule has 0 unspecified atom stereocenters. The third-order valence-corrected chi connectivity index (χ3v) is 6.49. The first-order chi connectivity index (χ1) is 16.6. The van der Waals surface area contributed by atoms with Crippen LogP contribution in [-0.2, 0) is 17.8 Å². The number of methoxy groups -OCH3 is 1. The highest BCUT2D eigenvalue weighted by Crippen LogP contribution is 2.30. The van der Waals surface area contributed by atoms with Gasteiger partial charge in [-0.15, -0.1) is 0 Å². The summed E-state index contributed by atoms with van der Waals surface area (Å²) in [4.78, 5) is 29.0. The summed E-state index contributed by atoms with van der Waals surface area (Å²) in [7, 11) is 1.60. The molecule has 6 heteroatoms. The van der Waals surface area contributed by atoms with Crippen LogP contribution in [-0.4, -0.2) is 29.9 Å². The maximum absolute atomic E-state index is 13.7. The van der Waals surface area contributed by atoms with Gasteiger partial charge in [0.05, 0.1) is 19.9 Å². The Morgan fingerprint density at radius 3 is 2.44 bits per heavy atom. The van der Waals surface area contributed by atoms with Gasteiger partial charge in [0.15, 0.2) is 5.76 Å². The standard InChI is InChI=1S/C28H32N2O4/c1-3-20-14-16-21(17-15-20)26(27(31)29-23-10-5-6-11-23)30(28(32)25-13-8-18-34-25)19-22-9-4-7-12-24(22)33-2/h4,7-9,12-18,23,26H,3,5-6,10-11,19H2,1-2H3,(H,29,31)/t26-/m1/s1. The quantitative estimate of drug-likeness (QED) is 0.471. The Balaban J connectivity index is 1.76. The molecule has 1 atom stereocenters. The number of amides is 2. The van der Waals surface area contributed by atoms with Crippen LogP contribution in [0.2, 0.25) is 0 Å². The highest BCUT2D eigenvalue weighted by molar-refractivity contribution is 5.96. The number of carbonyl (C=O) groups excluding carboxylic acids is 2. The Morgan fingerprint density at radius 2 is 1.79 bits per heavy atom. The monoisotopic (exact) mass is 460 g/mol. The second kappa shape index (κ2) is 11.1. The molecule has 0 bridgehead atoms. The molecule has 0 saturated heterocycles. The van der Waals surface area contributed by atoms with Crippen molar-refractivity contribution in [1.29, 1.82) is 0 Å². The molecule has 2 amide bonds. The molecule has 0 aliphatic heterocycles. The van der Waals surface area contributed by atoms with E-state index in [4.69, 9.17) is 9.15 Å². The van der Waals surface area contributed by atoms with E-state index in [9.17, 15) is 9.59 Å². The van der Waals surface area contributed by atoms with E-state index in [0.717, 1.165) is 43.2 Å². The van der Waals surface area contributed by atoms with Crippen LogP contribution in [0.15, 0.2) is 71.3 Å². The van der Waals surface area contributed by atoms with Crippen LogP contribution in [0, 0.1) is 0 Å². The minimum Gasteiger partial charge on any atom is -0.496 e. The molecule has 1 aromatic heterocycles. The zero-order chi connectivity index (χ0) is 23.9. The third kappa shape index (κ3) is 5.33. The normalized spacial score (nSPS) is 14.5. The Hall–Kier alpha value is -3.54. The Morgan fingerprint density at radius 1 is 1.06 bits per heavy atom. The van der Waals surface area contributed by atoms with Crippen LogP contribution >= 0.6 is 0 Å². The lowest BCUT2D eigenvalue weighted by Crippen LogP contribution is -2.45. The van der Waals surface area contributed by atoms with E-state index < -0.39 is 6.04 Å². The van der Waals surface area contributed by atoms with Gasteiger partial charge < -0.3 is 19.4 Å². The van der Waals surface area contributed by atoms with Crippen molar-refractivity contribution in [1.82, 2.24) is 10.2 Å². The van der Waals surface area contributed by atoms with Crippen molar-refractivity contribution < 1.29 is 18.7 Å². The van der Waals surface area contributed by atoms with Gasteiger partial charge in [-0.3, -0.25) is 9.59 Å². The largest absolute Gasteiger partial charge is 0.496 e. The summed E-state index contributed by atoms with van der Waals surface area (Å²) < 4.78 is 11.0. The number of hydrogen-bond acceptors (Lipinski definition) is 4. The Labute approximate surface area is 200 Å². The Bertz CT molecular complexity index is 1090. The van der Waals surface area contributed by atoms with Gasteiger partial charge in [-0.05, 0) is 48.6 Å². The van der Waals surface area contributed by atoms with Gasteiger partial charge >= 0.3 is 0 Å². The van der Waals surface area contributed by atoms with E-state index in [0.29, 0.717) is 5.75 Å². The number of para-hydroxylation sites is 1. The molecule has 0 spiro atoms. The fourth-order valence-electron chi connectivity index (χ4n) is 4.60. The van der Waals surface area contributed by atoms with E-state index in [2.05, 4.69) is 12.2 Å². The number of carbonyl (C=O) groups is 2. The lowest BCUT2D eigenvalue weighted by Gasteiger charge is -2.32. The summed E-state index contributed by atoms with van der Waals surface area (Å²) in [5, 5.41) is 3.21. The highest BCUT2D eigenvalue weighted by atomic mass is 16.5. The summed E-state index contributed by atoms with van der Waals surface area (Å²) in [5.41, 5.74) is 2.75. The molecule has 1 aliphatic carbocycles. The number of nitrogens with zero attached hydrogens (tertiary/aromatic N) is 1. The predicted octanol–water partition coefficient (Wildman–Crippen LogP) is 5.29. The van der Waals surface area contributed by atoms with Crippen molar-refractivity contribution in [2.24, 2.45) is 0 Å². The maximum atomic E-state index is 13.7. The van der Waals surface area contributed by atoms with Gasteiger partial charge in [0.25, 0.3) is 5.91 Å². The van der Waals surface area contributed by atoms with E-state index in [1.807, 2.05) is 48.5 Å². The van der Waals surface area contributed by atoms with Gasteiger partial charge in [0.1, 0.15) is 11.8 Å². The minimum atomic E-state index is -0.811. The molecule has 34 heavy (non-hydrogen) atoms. The summed E-state index contributed by atoms with van der Waals surface area (Å²) in [6.07, 6.45) is 6.51. The van der Waals surface area contributed by atoms with Crippen LogP contribution in [0.1, 0.15) is 65.9 Å². The number of aryl methyl sites for hydroxylation is 1. The first-order valence-electron chi connectivity index (χ1n) is 12.0. The molecule has 1 saturated carbocycles. The average Bonchev–Trinajstić information content (AvgIpc) is 3.59. The molecule has 2 aromatic carbocycles. The topological polar surface area (TPSA) is 71.8 Å². The van der Waals surface area contributed by atoms with Crippen LogP contribution < -0.4 is 10.1 Å². The first kappa shape index (κ1) is 23.6. The van der Waals surface area contributed by atoms with E-state index in [1.165, 1.54) is 11.8 Å². The molecule has 4 rings (SSSR count). The third-order valence-electron chi connectivity index (χ3n) is 6.49. The number of nitrogens with one attached hydrogen (secondary N) is 1. The Kier molecular flexibility index (Phi) is 7.68. The summed E-state index contributed by atoms with van der Waals surface area (Å²) in [5.74, 6) is 0.336. The zero-order valence-electron chi connectivity index (χ0n) is 19.8. The van der Waals surface area contributed by atoms with Crippen LogP contribution in [0.3, 0.4) is 0 Å². The van der Waals surface area contributed by atoms with Crippen LogP contribution in [0.5, 0.6) is 5.75 Å². The number of furan rings is 1. The lowest BCUT2D eigenvalue weighted by atomic mass is 9.99. The van der Waals surface area contributed by atoms with Gasteiger partial charge in [-0.25, -0.2) is 0 Å². The number of rotatable bonds is 9. The van der Waals surface area contributed by atoms with Crippen LogP contribution in [0.25, 0.3) is 0 Å². The molecule has 3 aromatic rings. The second-order valence-corrected chi connectivity index (χ2v) is 8.71. The van der Waals surface area contributed by atoms with Gasteiger partial charge in [0.2, 0.25) is 5.91 Å². The molecule has 1 fully saturated rings. The van der Waals surface area contributed by atoms with Crippen molar-refractivity contribution >= 4 is 11.8 Å². The molecule has 0 radical (unpaired) electrons. The summed E-state index contributed by atoms with van der Waals surface area (Å²) in [6.45, 7) is 2.29. The fourth-order valence-corrected chi connectivity index (χ4v) is 4.60. The average molecular weight is 461 g/mol. The first-order valence-corrected chi connectivity index (χ1v) is 12.0. The van der Waals surface area contributed by atoms with Gasteiger partial charge in [-0.2, -0.15) is 0 Å². The van der Waals surface area contributed by atoms with Gasteiger partial charge in [0, 0.05) is 11.6 Å². The van der Waals surface area contributed by atoms with Crippen molar-refractivity contribution in [2.75, 3.05) is 7.11 Å².